The Bertz CT molecular complexity index is 1080. The summed E-state index contributed by atoms with van der Waals surface area (Å²) in [4.78, 5) is 8.64. The molecule has 127 valence electrons. The number of aromatic nitrogens is 1. The monoisotopic (exact) mass is 504 g/mol. The van der Waals surface area contributed by atoms with Crippen molar-refractivity contribution in [2.24, 2.45) is 5.41 Å². The molecule has 2 aromatic carbocycles. The van der Waals surface area contributed by atoms with Gasteiger partial charge in [-0.15, -0.1) is 35.0 Å². The van der Waals surface area contributed by atoms with Crippen molar-refractivity contribution in [1.29, 1.82) is 0 Å². The molecular weight excluding hydrogens is 484 g/mol. The quantitative estimate of drug-likeness (QED) is 0.275. The van der Waals surface area contributed by atoms with Gasteiger partial charge in [0, 0.05) is 26.3 Å². The van der Waals surface area contributed by atoms with E-state index in [0.717, 1.165) is 16.3 Å². The molecule has 1 saturated carbocycles. The van der Waals surface area contributed by atoms with Crippen LogP contribution < -0.4 is 0 Å². The molecule has 0 amide bonds. The van der Waals surface area contributed by atoms with Gasteiger partial charge in [0.25, 0.3) is 0 Å². The van der Waals surface area contributed by atoms with Gasteiger partial charge in [-0.2, -0.15) is 0 Å². The molecule has 2 aliphatic rings. The van der Waals surface area contributed by atoms with Crippen LogP contribution in [0.2, 0.25) is 0 Å². The van der Waals surface area contributed by atoms with Crippen LogP contribution >= 0.6 is 0 Å². The van der Waals surface area contributed by atoms with Crippen molar-refractivity contribution in [3.8, 4) is 0 Å². The molecule has 2 atom stereocenters. The number of fused-ring (bicyclic) bond motifs is 9. The van der Waals surface area contributed by atoms with Gasteiger partial charge in [-0.05, 0) is 51.6 Å². The summed E-state index contributed by atoms with van der Waals surface area (Å²) in [6.45, 7) is 14.8. The van der Waals surface area contributed by atoms with E-state index in [1.807, 2.05) is 18.2 Å². The minimum atomic E-state index is 0. The molecule has 3 aromatic rings. The van der Waals surface area contributed by atoms with E-state index in [2.05, 4.69) is 43.9 Å². The molecule has 25 heavy (non-hydrogen) atoms. The third kappa shape index (κ3) is 1.80. The standard InChI is InChI=1S/C22H19N2.Ir/c1-21(2)17-9-10-22(21,3)19-15-11-18(23-4)13-7-5-6-8-14(13)20(15)24-12-16(17)19;/h5-7,11-12,17H,9-10H2,1-3H3;/q-1;/t17-,22+;/m0./s1. The first-order chi connectivity index (χ1) is 11.5. The van der Waals surface area contributed by atoms with Gasteiger partial charge < -0.3 is 4.98 Å². The normalized spacial score (nSPS) is 25.6. The SMILES string of the molecule is [C-]#[N+]c1cc2c3c(cnc2c2[c-]cccc12)[C@@H]1CC[C@@]3(C)C1(C)C.[Ir]. The first kappa shape index (κ1) is 16.7. The van der Waals surface area contributed by atoms with E-state index < -0.39 is 0 Å². The summed E-state index contributed by atoms with van der Waals surface area (Å²) in [6.07, 6.45) is 4.58. The maximum atomic E-state index is 7.62. The first-order valence-corrected chi connectivity index (χ1v) is 8.63. The topological polar surface area (TPSA) is 17.2 Å². The largest absolute Gasteiger partial charge is 0.304 e. The van der Waals surface area contributed by atoms with Gasteiger partial charge in [0.1, 0.15) is 0 Å². The molecule has 2 aliphatic carbocycles. The van der Waals surface area contributed by atoms with Crippen molar-refractivity contribution >= 4 is 27.4 Å². The fourth-order valence-corrected chi connectivity index (χ4v) is 5.41. The van der Waals surface area contributed by atoms with Crippen molar-refractivity contribution < 1.29 is 20.1 Å². The minimum Gasteiger partial charge on any atom is -0.304 e. The zero-order valence-corrected chi connectivity index (χ0v) is 17.0. The van der Waals surface area contributed by atoms with Gasteiger partial charge in [-0.1, -0.05) is 26.8 Å². The summed E-state index contributed by atoms with van der Waals surface area (Å²) >= 11 is 0. The number of rotatable bonds is 0. The number of hydrogen-bond donors (Lipinski definition) is 0. The van der Waals surface area contributed by atoms with Crippen LogP contribution in [0, 0.1) is 18.1 Å². The molecule has 0 spiro atoms. The molecule has 0 N–H and O–H groups in total. The molecule has 1 heterocycles. The fraction of sp³-hybridized carbons (Fsp3) is 0.364. The van der Waals surface area contributed by atoms with Crippen LogP contribution in [0.5, 0.6) is 0 Å². The molecule has 2 bridgehead atoms. The van der Waals surface area contributed by atoms with Crippen LogP contribution in [0.15, 0.2) is 30.5 Å². The summed E-state index contributed by atoms with van der Waals surface area (Å²) in [7, 11) is 0. The second-order valence-electron chi connectivity index (χ2n) is 8.10. The zero-order valence-electron chi connectivity index (χ0n) is 14.6. The maximum absolute atomic E-state index is 7.62. The van der Waals surface area contributed by atoms with E-state index in [1.54, 1.807) is 0 Å². The third-order valence-electron chi connectivity index (χ3n) is 7.07. The fourth-order valence-electron chi connectivity index (χ4n) is 5.41. The molecule has 1 radical (unpaired) electrons. The van der Waals surface area contributed by atoms with Gasteiger partial charge in [-0.3, -0.25) is 0 Å². The number of benzene rings is 2. The van der Waals surface area contributed by atoms with Crippen LogP contribution in [0.4, 0.5) is 5.69 Å². The first-order valence-electron chi connectivity index (χ1n) is 8.63. The molecular formula is C22H19IrN2-. The van der Waals surface area contributed by atoms with E-state index >= 15 is 0 Å². The van der Waals surface area contributed by atoms with Crippen LogP contribution in [0.3, 0.4) is 0 Å². The molecule has 1 fully saturated rings. The van der Waals surface area contributed by atoms with Crippen LogP contribution in [-0.2, 0) is 25.5 Å². The van der Waals surface area contributed by atoms with E-state index in [-0.39, 0.29) is 30.9 Å². The summed E-state index contributed by atoms with van der Waals surface area (Å²) in [6, 6.07) is 11.3. The van der Waals surface area contributed by atoms with E-state index in [4.69, 9.17) is 11.6 Å². The van der Waals surface area contributed by atoms with Crippen LogP contribution in [0.25, 0.3) is 26.5 Å². The second kappa shape index (κ2) is 5.13. The van der Waals surface area contributed by atoms with Crippen molar-refractivity contribution in [1.82, 2.24) is 4.98 Å². The molecule has 1 aromatic heterocycles. The van der Waals surface area contributed by atoms with Crippen LogP contribution in [0.1, 0.15) is 50.7 Å². The molecule has 5 rings (SSSR count). The Labute approximate surface area is 161 Å². The second-order valence-corrected chi connectivity index (χ2v) is 8.10. The van der Waals surface area contributed by atoms with Gasteiger partial charge >= 0.3 is 0 Å². The Morgan fingerprint density at radius 3 is 2.84 bits per heavy atom. The molecule has 3 heteroatoms. The summed E-state index contributed by atoms with van der Waals surface area (Å²) < 4.78 is 0. The maximum Gasteiger partial charge on any atom is 0.154 e. The van der Waals surface area contributed by atoms with Crippen molar-refractivity contribution in [3.63, 3.8) is 0 Å². The Kier molecular flexibility index (Phi) is 3.43. The number of pyridine rings is 1. The predicted molar refractivity (Wildman–Crippen MR) is 97.5 cm³/mol. The van der Waals surface area contributed by atoms with Gasteiger partial charge in [0.05, 0.1) is 6.57 Å². The summed E-state index contributed by atoms with van der Waals surface area (Å²) in [5, 5.41) is 3.11. The average molecular weight is 504 g/mol. The molecule has 0 saturated heterocycles. The van der Waals surface area contributed by atoms with Gasteiger partial charge in [0.2, 0.25) is 0 Å². The van der Waals surface area contributed by atoms with Gasteiger partial charge in [-0.25, -0.2) is 4.85 Å². The predicted octanol–water partition coefficient (Wildman–Crippen LogP) is 5.91. The van der Waals surface area contributed by atoms with E-state index in [0.29, 0.717) is 11.6 Å². The van der Waals surface area contributed by atoms with Crippen molar-refractivity contribution in [2.45, 2.75) is 44.9 Å². The van der Waals surface area contributed by atoms with E-state index in [1.165, 1.54) is 29.4 Å². The van der Waals surface area contributed by atoms with Crippen molar-refractivity contribution in [2.75, 3.05) is 0 Å². The molecule has 0 unspecified atom stereocenters. The Morgan fingerprint density at radius 1 is 1.28 bits per heavy atom. The van der Waals surface area contributed by atoms with Gasteiger partial charge in [0.15, 0.2) is 5.69 Å². The Hall–Kier alpha value is -1.75. The zero-order chi connectivity index (χ0) is 16.7. The molecule has 0 aliphatic heterocycles. The third-order valence-corrected chi connectivity index (χ3v) is 7.07. The minimum absolute atomic E-state index is 0. The smallest absolute Gasteiger partial charge is 0.154 e. The summed E-state index contributed by atoms with van der Waals surface area (Å²) in [5.74, 6) is 0.584. The molecule has 2 nitrogen and oxygen atoms in total. The van der Waals surface area contributed by atoms with Crippen LogP contribution in [-0.4, -0.2) is 4.98 Å². The number of hydrogen-bond acceptors (Lipinski definition) is 1. The Balaban J connectivity index is 0.00000157. The summed E-state index contributed by atoms with van der Waals surface area (Å²) in [5.41, 5.74) is 4.98. The van der Waals surface area contributed by atoms with Crippen molar-refractivity contribution in [3.05, 3.63) is 59.1 Å². The average Bonchev–Trinajstić information content (AvgIpc) is 2.92. The number of nitrogens with zero attached hydrogens (tertiary/aromatic N) is 2. The van der Waals surface area contributed by atoms with E-state index in [9.17, 15) is 0 Å². The Morgan fingerprint density at radius 2 is 2.08 bits per heavy atom.